The van der Waals surface area contributed by atoms with Gasteiger partial charge in [-0.2, -0.15) is 0 Å². The number of hydrogen-bond acceptors (Lipinski definition) is 5. The second kappa shape index (κ2) is 12.3. The van der Waals surface area contributed by atoms with Gasteiger partial charge in [0, 0.05) is 49.2 Å². The number of benzene rings is 2. The lowest BCUT2D eigenvalue weighted by atomic mass is 9.77. The smallest absolute Gasteiger partial charge is 0.303 e. The molecule has 1 fully saturated rings. The van der Waals surface area contributed by atoms with Crippen molar-refractivity contribution in [2.45, 2.75) is 63.7 Å². The van der Waals surface area contributed by atoms with Crippen LogP contribution in [0.25, 0.3) is 11.4 Å². The molecule has 0 amide bonds. The molecule has 6 nitrogen and oxygen atoms in total. The van der Waals surface area contributed by atoms with Crippen LogP contribution in [-0.4, -0.2) is 32.6 Å². The highest BCUT2D eigenvalue weighted by atomic mass is 16.4. The highest BCUT2D eigenvalue weighted by Gasteiger charge is 2.24. The number of ketones is 2. The van der Waals surface area contributed by atoms with Gasteiger partial charge in [0.15, 0.2) is 11.6 Å². The molecule has 1 saturated carbocycles. The molecule has 0 unspecified atom stereocenters. The van der Waals surface area contributed by atoms with E-state index in [1.165, 1.54) is 5.56 Å². The van der Waals surface area contributed by atoms with Crippen LogP contribution in [0.15, 0.2) is 67.0 Å². The normalized spacial score (nSPS) is 17.4. The van der Waals surface area contributed by atoms with Gasteiger partial charge in [-0.1, -0.05) is 48.5 Å². The van der Waals surface area contributed by atoms with Crippen molar-refractivity contribution in [2.24, 2.45) is 5.92 Å². The van der Waals surface area contributed by atoms with E-state index in [1.54, 1.807) is 30.6 Å². The summed E-state index contributed by atoms with van der Waals surface area (Å²) in [6.45, 7) is 0. The molecular formula is C30H32N2O4. The van der Waals surface area contributed by atoms with E-state index in [-0.39, 0.29) is 18.0 Å². The van der Waals surface area contributed by atoms with E-state index in [0.29, 0.717) is 48.9 Å². The van der Waals surface area contributed by atoms with E-state index in [9.17, 15) is 14.4 Å². The highest BCUT2D eigenvalue weighted by Crippen LogP contribution is 2.37. The fraction of sp³-hybridized carbons (Fsp3) is 0.367. The molecule has 1 aromatic heterocycles. The third kappa shape index (κ3) is 7.17. The topological polar surface area (TPSA) is 97.2 Å². The summed E-state index contributed by atoms with van der Waals surface area (Å²) in [5.41, 5.74) is 3.76. The molecule has 186 valence electrons. The average Bonchev–Trinajstić information content (AvgIpc) is 2.90. The molecule has 0 atom stereocenters. The summed E-state index contributed by atoms with van der Waals surface area (Å²) in [7, 11) is 0. The standard InChI is InChI=1S/C30H32N2O4/c33-27(3-1-4-28(34)25-13-15-26(16-14-25)30-31-17-2-18-32-30)19-21-5-9-23(10-6-21)24-11-7-22(8-12-24)20-29(35)36/h2,5-6,9-10,13-18,22,24H,1,3-4,7-8,11-12,19-20H2,(H,35,36). The van der Waals surface area contributed by atoms with Crippen LogP contribution < -0.4 is 0 Å². The van der Waals surface area contributed by atoms with E-state index in [1.807, 2.05) is 24.3 Å². The molecule has 1 heterocycles. The van der Waals surface area contributed by atoms with Crippen molar-refractivity contribution in [3.8, 4) is 11.4 Å². The second-order valence-corrected chi connectivity index (χ2v) is 9.70. The van der Waals surface area contributed by atoms with Gasteiger partial charge in [0.1, 0.15) is 5.78 Å². The number of rotatable bonds is 11. The van der Waals surface area contributed by atoms with Gasteiger partial charge in [0.25, 0.3) is 0 Å². The first-order valence-corrected chi connectivity index (χ1v) is 12.7. The molecule has 1 aliphatic rings. The Morgan fingerprint density at radius 1 is 0.833 bits per heavy atom. The molecule has 2 aromatic carbocycles. The Labute approximate surface area is 211 Å². The Bertz CT molecular complexity index is 1170. The van der Waals surface area contributed by atoms with Gasteiger partial charge >= 0.3 is 5.97 Å². The van der Waals surface area contributed by atoms with Crippen molar-refractivity contribution in [3.63, 3.8) is 0 Å². The Kier molecular flexibility index (Phi) is 8.71. The number of nitrogens with zero attached hydrogens (tertiary/aromatic N) is 2. The number of carbonyl (C=O) groups is 3. The molecule has 0 radical (unpaired) electrons. The van der Waals surface area contributed by atoms with Crippen molar-refractivity contribution in [2.75, 3.05) is 0 Å². The number of carboxylic acids is 1. The molecule has 0 saturated heterocycles. The molecule has 4 rings (SSSR count). The van der Waals surface area contributed by atoms with Gasteiger partial charge in [-0.15, -0.1) is 0 Å². The van der Waals surface area contributed by atoms with E-state index in [4.69, 9.17) is 5.11 Å². The SMILES string of the molecule is O=C(O)CC1CCC(c2ccc(CC(=O)CCCC(=O)c3ccc(-c4ncccn4)cc3)cc2)CC1. The number of Topliss-reactive ketones (excluding diaryl/α,β-unsaturated/α-hetero) is 2. The van der Waals surface area contributed by atoms with Crippen molar-refractivity contribution in [1.29, 1.82) is 0 Å². The number of hydrogen-bond donors (Lipinski definition) is 1. The number of carboxylic acid groups (broad SMARTS) is 1. The summed E-state index contributed by atoms with van der Waals surface area (Å²) in [5.74, 6) is 0.862. The lowest BCUT2D eigenvalue weighted by Crippen LogP contribution is -2.16. The lowest BCUT2D eigenvalue weighted by molar-refractivity contribution is -0.138. The van der Waals surface area contributed by atoms with Crippen molar-refractivity contribution in [3.05, 3.63) is 83.7 Å². The van der Waals surface area contributed by atoms with Crippen LogP contribution in [-0.2, 0) is 16.0 Å². The minimum atomic E-state index is -0.704. The van der Waals surface area contributed by atoms with Crippen molar-refractivity contribution >= 4 is 17.5 Å². The Hall–Kier alpha value is -3.67. The Morgan fingerprint density at radius 2 is 1.50 bits per heavy atom. The zero-order valence-corrected chi connectivity index (χ0v) is 20.4. The molecule has 1 aliphatic carbocycles. The van der Waals surface area contributed by atoms with Crippen LogP contribution in [0, 0.1) is 5.92 Å². The molecule has 36 heavy (non-hydrogen) atoms. The van der Waals surface area contributed by atoms with Crippen molar-refractivity contribution < 1.29 is 19.5 Å². The third-order valence-electron chi connectivity index (χ3n) is 7.05. The van der Waals surface area contributed by atoms with Crippen LogP contribution in [0.1, 0.15) is 78.8 Å². The minimum Gasteiger partial charge on any atom is -0.481 e. The predicted octanol–water partition coefficient (Wildman–Crippen LogP) is 6.06. The van der Waals surface area contributed by atoms with Gasteiger partial charge in [-0.25, -0.2) is 9.97 Å². The third-order valence-corrected chi connectivity index (χ3v) is 7.05. The van der Waals surface area contributed by atoms with E-state index in [2.05, 4.69) is 22.1 Å². The molecular weight excluding hydrogens is 452 g/mol. The summed E-state index contributed by atoms with van der Waals surface area (Å²) in [6, 6.07) is 17.3. The number of carbonyl (C=O) groups excluding carboxylic acids is 2. The van der Waals surface area contributed by atoms with Crippen LogP contribution in [0.3, 0.4) is 0 Å². The van der Waals surface area contributed by atoms with Gasteiger partial charge in [-0.3, -0.25) is 14.4 Å². The molecule has 3 aromatic rings. The molecule has 0 aliphatic heterocycles. The summed E-state index contributed by atoms with van der Waals surface area (Å²) < 4.78 is 0. The van der Waals surface area contributed by atoms with Crippen molar-refractivity contribution in [1.82, 2.24) is 9.97 Å². The first kappa shape index (κ1) is 25.4. The Morgan fingerprint density at radius 3 is 2.14 bits per heavy atom. The first-order chi connectivity index (χ1) is 17.5. The average molecular weight is 485 g/mol. The maximum absolute atomic E-state index is 12.5. The fourth-order valence-electron chi connectivity index (χ4n) is 5.01. The van der Waals surface area contributed by atoms with Crippen LogP contribution in [0.4, 0.5) is 0 Å². The molecule has 0 bridgehead atoms. The predicted molar refractivity (Wildman–Crippen MR) is 138 cm³/mol. The minimum absolute atomic E-state index is 0.0331. The van der Waals surface area contributed by atoms with Gasteiger partial charge < -0.3 is 5.11 Å². The van der Waals surface area contributed by atoms with E-state index in [0.717, 1.165) is 36.8 Å². The highest BCUT2D eigenvalue weighted by molar-refractivity contribution is 5.96. The largest absolute Gasteiger partial charge is 0.481 e. The number of aromatic nitrogens is 2. The fourth-order valence-corrected chi connectivity index (χ4v) is 5.01. The zero-order valence-electron chi connectivity index (χ0n) is 20.4. The quantitative estimate of drug-likeness (QED) is 0.332. The van der Waals surface area contributed by atoms with Crippen LogP contribution in [0.5, 0.6) is 0 Å². The van der Waals surface area contributed by atoms with Gasteiger partial charge in [0.05, 0.1) is 0 Å². The summed E-state index contributed by atoms with van der Waals surface area (Å²) in [4.78, 5) is 44.3. The molecule has 0 spiro atoms. The molecule has 1 N–H and O–H groups in total. The lowest BCUT2D eigenvalue weighted by Gasteiger charge is -2.28. The summed E-state index contributed by atoms with van der Waals surface area (Å²) >= 11 is 0. The van der Waals surface area contributed by atoms with Gasteiger partial charge in [0.2, 0.25) is 0 Å². The monoisotopic (exact) mass is 484 g/mol. The Balaban J connectivity index is 1.19. The van der Waals surface area contributed by atoms with E-state index >= 15 is 0 Å². The van der Waals surface area contributed by atoms with Crippen LogP contribution >= 0.6 is 0 Å². The second-order valence-electron chi connectivity index (χ2n) is 9.70. The maximum atomic E-state index is 12.5. The van der Waals surface area contributed by atoms with E-state index < -0.39 is 5.97 Å². The maximum Gasteiger partial charge on any atom is 0.303 e. The van der Waals surface area contributed by atoms with Crippen LogP contribution in [0.2, 0.25) is 0 Å². The zero-order chi connectivity index (χ0) is 25.3. The summed E-state index contributed by atoms with van der Waals surface area (Å²) in [5, 5.41) is 8.98. The first-order valence-electron chi connectivity index (χ1n) is 12.7. The van der Waals surface area contributed by atoms with Gasteiger partial charge in [-0.05, 0) is 61.1 Å². The molecule has 6 heteroatoms. The summed E-state index contributed by atoms with van der Waals surface area (Å²) in [6.07, 6.45) is 9.25. The number of aliphatic carboxylic acids is 1.